The van der Waals surface area contributed by atoms with Gasteiger partial charge >= 0.3 is 0 Å². The summed E-state index contributed by atoms with van der Waals surface area (Å²) in [5, 5.41) is 2.17. The zero-order valence-corrected chi connectivity index (χ0v) is 23.5. The molecular weight excluding hydrogens is 506 g/mol. The standard InChI is InChI=1S/C35H29N5O/c1-34(2)35(3,4)40(33-38-26-18-9-10-19-29(26)39(33)34)32-36-27(22-13-6-5-7-14-22)21-28(37-32)25-17-12-16-24-23-15-8-11-20-30(23)41-31(24)25/h5-21H,1-4H3. The summed E-state index contributed by atoms with van der Waals surface area (Å²) < 4.78 is 8.76. The van der Waals surface area contributed by atoms with Crippen LogP contribution in [0, 0.1) is 0 Å². The van der Waals surface area contributed by atoms with Crippen molar-refractivity contribution in [2.45, 2.75) is 38.8 Å². The number of benzene rings is 4. The van der Waals surface area contributed by atoms with Gasteiger partial charge in [0, 0.05) is 21.9 Å². The van der Waals surface area contributed by atoms with Crippen molar-refractivity contribution >= 4 is 44.9 Å². The molecule has 3 aromatic heterocycles. The lowest BCUT2D eigenvalue weighted by Crippen LogP contribution is -2.51. The molecule has 0 atom stereocenters. The second kappa shape index (κ2) is 8.27. The number of furan rings is 1. The van der Waals surface area contributed by atoms with Crippen molar-refractivity contribution in [1.82, 2.24) is 19.5 Å². The average Bonchev–Trinajstić information content (AvgIpc) is 3.60. The van der Waals surface area contributed by atoms with Crippen LogP contribution in [0.5, 0.6) is 0 Å². The van der Waals surface area contributed by atoms with Crippen molar-refractivity contribution in [3.05, 3.63) is 103 Å². The Balaban J connectivity index is 1.42. The third kappa shape index (κ3) is 3.27. The van der Waals surface area contributed by atoms with Crippen LogP contribution in [0.3, 0.4) is 0 Å². The molecule has 0 bridgehead atoms. The minimum atomic E-state index is -0.378. The fraction of sp³-hybridized carbons (Fsp3) is 0.171. The van der Waals surface area contributed by atoms with Crippen LogP contribution in [0.2, 0.25) is 0 Å². The molecule has 41 heavy (non-hydrogen) atoms. The summed E-state index contributed by atoms with van der Waals surface area (Å²) in [5.74, 6) is 1.46. The fourth-order valence-electron chi connectivity index (χ4n) is 6.23. The second-order valence-corrected chi connectivity index (χ2v) is 11.8. The number of para-hydroxylation sites is 4. The minimum absolute atomic E-state index is 0.288. The SMILES string of the molecule is CC1(C)N(c2nc(-c3ccccc3)cc(-c3cccc4c3oc3ccccc34)n2)c2nc3ccccc3n2C1(C)C. The van der Waals surface area contributed by atoms with Crippen LogP contribution in [-0.4, -0.2) is 25.1 Å². The zero-order chi connectivity index (χ0) is 27.9. The summed E-state index contributed by atoms with van der Waals surface area (Å²) in [6, 6.07) is 35.1. The van der Waals surface area contributed by atoms with Crippen LogP contribution in [0.25, 0.3) is 55.5 Å². The van der Waals surface area contributed by atoms with Crippen LogP contribution in [0.4, 0.5) is 11.9 Å². The third-order valence-electron chi connectivity index (χ3n) is 9.02. The van der Waals surface area contributed by atoms with Gasteiger partial charge in [0.15, 0.2) is 0 Å². The number of hydrogen-bond acceptors (Lipinski definition) is 5. The minimum Gasteiger partial charge on any atom is -0.455 e. The maximum atomic E-state index is 6.43. The Kier molecular flexibility index (Phi) is 4.82. The Morgan fingerprint density at radius 2 is 1.34 bits per heavy atom. The van der Waals surface area contributed by atoms with Gasteiger partial charge in [0.05, 0.1) is 33.5 Å². The molecule has 6 heteroatoms. The number of imidazole rings is 1. The van der Waals surface area contributed by atoms with Gasteiger partial charge in [0.1, 0.15) is 11.2 Å². The van der Waals surface area contributed by atoms with Gasteiger partial charge in [-0.15, -0.1) is 0 Å². The molecule has 1 aliphatic heterocycles. The van der Waals surface area contributed by atoms with E-state index < -0.39 is 0 Å². The van der Waals surface area contributed by atoms with Gasteiger partial charge in [-0.3, -0.25) is 4.90 Å². The first kappa shape index (κ1) is 23.9. The molecule has 7 aromatic rings. The van der Waals surface area contributed by atoms with E-state index in [9.17, 15) is 0 Å². The van der Waals surface area contributed by atoms with E-state index in [-0.39, 0.29) is 11.1 Å². The zero-order valence-electron chi connectivity index (χ0n) is 23.5. The van der Waals surface area contributed by atoms with Crippen molar-refractivity contribution in [2.24, 2.45) is 0 Å². The van der Waals surface area contributed by atoms with E-state index in [0.717, 1.165) is 61.4 Å². The molecule has 0 unspecified atom stereocenters. The number of anilines is 2. The monoisotopic (exact) mass is 535 g/mol. The molecule has 0 saturated heterocycles. The molecule has 0 N–H and O–H groups in total. The molecule has 0 saturated carbocycles. The molecule has 200 valence electrons. The number of hydrogen-bond donors (Lipinski definition) is 0. The van der Waals surface area contributed by atoms with Gasteiger partial charge in [-0.1, -0.05) is 72.8 Å². The highest BCUT2D eigenvalue weighted by atomic mass is 16.3. The Hall–Kier alpha value is -4.97. The van der Waals surface area contributed by atoms with Crippen molar-refractivity contribution in [3.63, 3.8) is 0 Å². The number of nitrogens with zero attached hydrogens (tertiary/aromatic N) is 5. The maximum absolute atomic E-state index is 6.43. The third-order valence-corrected chi connectivity index (χ3v) is 9.02. The molecule has 4 heterocycles. The molecule has 0 spiro atoms. The lowest BCUT2D eigenvalue weighted by atomic mass is 9.82. The molecular formula is C35H29N5O. The fourth-order valence-corrected chi connectivity index (χ4v) is 6.23. The molecule has 0 amide bonds. The summed E-state index contributed by atoms with van der Waals surface area (Å²) in [6.07, 6.45) is 0. The van der Waals surface area contributed by atoms with E-state index in [1.54, 1.807) is 0 Å². The van der Waals surface area contributed by atoms with E-state index in [1.807, 2.05) is 42.5 Å². The predicted octanol–water partition coefficient (Wildman–Crippen LogP) is 8.73. The normalized spacial score (nSPS) is 15.7. The van der Waals surface area contributed by atoms with Crippen molar-refractivity contribution in [2.75, 3.05) is 4.90 Å². The predicted molar refractivity (Wildman–Crippen MR) is 165 cm³/mol. The van der Waals surface area contributed by atoms with E-state index in [1.165, 1.54) is 0 Å². The van der Waals surface area contributed by atoms with Gasteiger partial charge < -0.3 is 8.98 Å². The molecule has 0 fully saturated rings. The van der Waals surface area contributed by atoms with E-state index in [4.69, 9.17) is 19.4 Å². The highest BCUT2D eigenvalue weighted by Crippen LogP contribution is 2.51. The summed E-state index contributed by atoms with van der Waals surface area (Å²) in [5.41, 5.74) is 6.71. The van der Waals surface area contributed by atoms with Gasteiger partial charge in [-0.25, -0.2) is 15.0 Å². The lowest BCUT2D eigenvalue weighted by Gasteiger charge is -2.40. The first-order valence-corrected chi connectivity index (χ1v) is 14.0. The van der Waals surface area contributed by atoms with Crippen molar-refractivity contribution in [3.8, 4) is 22.5 Å². The summed E-state index contributed by atoms with van der Waals surface area (Å²) in [6.45, 7) is 9.02. The summed E-state index contributed by atoms with van der Waals surface area (Å²) in [4.78, 5) is 17.8. The highest BCUT2D eigenvalue weighted by Gasteiger charge is 2.54. The Labute approximate surface area is 237 Å². The van der Waals surface area contributed by atoms with Gasteiger partial charge in [0.25, 0.3) is 0 Å². The quantitative estimate of drug-likeness (QED) is 0.226. The molecule has 6 nitrogen and oxygen atoms in total. The molecule has 1 aliphatic rings. The second-order valence-electron chi connectivity index (χ2n) is 11.8. The van der Waals surface area contributed by atoms with Crippen LogP contribution < -0.4 is 4.90 Å². The van der Waals surface area contributed by atoms with E-state index in [2.05, 4.69) is 97.8 Å². The van der Waals surface area contributed by atoms with Crippen LogP contribution >= 0.6 is 0 Å². The van der Waals surface area contributed by atoms with Gasteiger partial charge in [-0.05, 0) is 58.0 Å². The average molecular weight is 536 g/mol. The number of rotatable bonds is 3. The van der Waals surface area contributed by atoms with Crippen LogP contribution in [0.15, 0.2) is 108 Å². The van der Waals surface area contributed by atoms with Gasteiger partial charge in [0.2, 0.25) is 11.9 Å². The first-order valence-electron chi connectivity index (χ1n) is 14.0. The van der Waals surface area contributed by atoms with E-state index >= 15 is 0 Å². The largest absolute Gasteiger partial charge is 0.455 e. The smallest absolute Gasteiger partial charge is 0.234 e. The topological polar surface area (TPSA) is 60.0 Å². The molecule has 0 radical (unpaired) electrons. The lowest BCUT2D eigenvalue weighted by molar-refractivity contribution is 0.251. The Morgan fingerprint density at radius 3 is 2.20 bits per heavy atom. The molecule has 0 aliphatic carbocycles. The number of fused-ring (bicyclic) bond motifs is 6. The first-order chi connectivity index (χ1) is 19.8. The summed E-state index contributed by atoms with van der Waals surface area (Å²) >= 11 is 0. The maximum Gasteiger partial charge on any atom is 0.234 e. The Morgan fingerprint density at radius 1 is 0.634 bits per heavy atom. The van der Waals surface area contributed by atoms with Gasteiger partial charge in [-0.2, -0.15) is 0 Å². The van der Waals surface area contributed by atoms with E-state index in [0.29, 0.717) is 5.95 Å². The van der Waals surface area contributed by atoms with Crippen LogP contribution in [0.1, 0.15) is 27.7 Å². The van der Waals surface area contributed by atoms with Crippen molar-refractivity contribution in [1.29, 1.82) is 0 Å². The van der Waals surface area contributed by atoms with Crippen molar-refractivity contribution < 1.29 is 4.42 Å². The van der Waals surface area contributed by atoms with Crippen LogP contribution in [-0.2, 0) is 5.54 Å². The Bertz CT molecular complexity index is 2120. The number of aromatic nitrogens is 4. The highest BCUT2D eigenvalue weighted by molar-refractivity contribution is 6.09. The molecule has 8 rings (SSSR count). The summed E-state index contributed by atoms with van der Waals surface area (Å²) in [7, 11) is 0. The molecule has 4 aromatic carbocycles.